The average molecular weight is 248 g/mol. The van der Waals surface area contributed by atoms with Crippen LogP contribution >= 0.6 is 0 Å². The highest BCUT2D eigenvalue weighted by Gasteiger charge is 2.44. The molecule has 2 N–H and O–H groups in total. The number of alkyl halides is 3. The highest BCUT2D eigenvalue weighted by atomic mass is 19.4. The fourth-order valence-electron chi connectivity index (χ4n) is 1.48. The number of hydrogen-bond donors (Lipinski definition) is 1. The maximum atomic E-state index is 12.6. The molecule has 0 aliphatic carbocycles. The predicted molar refractivity (Wildman–Crippen MR) is 61.4 cm³/mol. The summed E-state index contributed by atoms with van der Waals surface area (Å²) in [6.45, 7) is 3.75. The number of rotatable bonds is 2. The Labute approximate surface area is 97.5 Å². The molecule has 7 heteroatoms. The van der Waals surface area contributed by atoms with Crippen LogP contribution in [0, 0.1) is 11.8 Å². The summed E-state index contributed by atoms with van der Waals surface area (Å²) in [6.07, 6.45) is -3.05. The standard InChI is InChI=1S/C10H15F3N4/c1-6(2)17-16-5-7-3-8(10(11,12)13)9(14)15-4-7/h5,7-8H,3-4H2,1-2H3,(H2,14,15)/b16-5-. The lowest BCUT2D eigenvalue weighted by molar-refractivity contribution is -0.159. The SMILES string of the molecule is CC(C)=N/N=C\C1CN=C(N)C(C(F)(F)F)C1. The summed E-state index contributed by atoms with van der Waals surface area (Å²) in [4.78, 5) is 3.69. The number of nitrogens with two attached hydrogens (primary N) is 1. The van der Waals surface area contributed by atoms with Gasteiger partial charge in [0.25, 0.3) is 0 Å². The molecule has 0 amide bonds. The number of nitrogens with zero attached hydrogens (tertiary/aromatic N) is 3. The first-order chi connectivity index (χ1) is 7.80. The lowest BCUT2D eigenvalue weighted by Crippen LogP contribution is -2.41. The van der Waals surface area contributed by atoms with E-state index in [1.165, 1.54) is 6.21 Å². The van der Waals surface area contributed by atoms with Crippen LogP contribution in [-0.2, 0) is 0 Å². The second kappa shape index (κ2) is 5.29. The van der Waals surface area contributed by atoms with Crippen LogP contribution in [0.1, 0.15) is 20.3 Å². The van der Waals surface area contributed by atoms with E-state index < -0.39 is 12.1 Å². The second-order valence-electron chi connectivity index (χ2n) is 4.17. The number of hydrogen-bond acceptors (Lipinski definition) is 4. The fourth-order valence-corrected chi connectivity index (χ4v) is 1.48. The van der Waals surface area contributed by atoms with Crippen LogP contribution in [0.3, 0.4) is 0 Å². The van der Waals surface area contributed by atoms with E-state index in [9.17, 15) is 13.2 Å². The smallest absolute Gasteiger partial charge is 0.387 e. The number of halogens is 3. The van der Waals surface area contributed by atoms with Crippen LogP contribution in [0.2, 0.25) is 0 Å². The molecule has 0 radical (unpaired) electrons. The van der Waals surface area contributed by atoms with Gasteiger partial charge in [0.2, 0.25) is 0 Å². The van der Waals surface area contributed by atoms with E-state index in [1.54, 1.807) is 13.8 Å². The van der Waals surface area contributed by atoms with Gasteiger partial charge in [0.1, 0.15) is 11.8 Å². The zero-order valence-electron chi connectivity index (χ0n) is 9.70. The van der Waals surface area contributed by atoms with Gasteiger partial charge in [-0.25, -0.2) is 0 Å². The fraction of sp³-hybridized carbons (Fsp3) is 0.700. The van der Waals surface area contributed by atoms with Crippen LogP contribution in [0.5, 0.6) is 0 Å². The van der Waals surface area contributed by atoms with Crippen molar-refractivity contribution in [3.05, 3.63) is 0 Å². The lowest BCUT2D eigenvalue weighted by atomic mass is 9.91. The summed E-state index contributed by atoms with van der Waals surface area (Å²) in [5, 5.41) is 7.47. The largest absolute Gasteiger partial charge is 0.398 e. The Hall–Kier alpha value is -1.40. The van der Waals surface area contributed by atoms with Crippen LogP contribution in [0.4, 0.5) is 13.2 Å². The van der Waals surface area contributed by atoms with Gasteiger partial charge < -0.3 is 5.73 Å². The molecule has 0 fully saturated rings. The highest BCUT2D eigenvalue weighted by Crippen LogP contribution is 2.33. The van der Waals surface area contributed by atoms with Gasteiger partial charge in [-0.15, -0.1) is 0 Å². The Kier molecular flexibility index (Phi) is 4.25. The van der Waals surface area contributed by atoms with E-state index in [2.05, 4.69) is 15.2 Å². The van der Waals surface area contributed by atoms with E-state index in [0.717, 1.165) is 5.71 Å². The zero-order chi connectivity index (χ0) is 13.1. The Bertz CT molecular complexity index is 353. The third-order valence-electron chi connectivity index (χ3n) is 2.33. The van der Waals surface area contributed by atoms with Crippen molar-refractivity contribution >= 4 is 17.8 Å². The third-order valence-corrected chi connectivity index (χ3v) is 2.33. The molecule has 0 saturated carbocycles. The third kappa shape index (κ3) is 4.16. The normalized spacial score (nSPS) is 25.8. The number of amidine groups is 1. The van der Waals surface area contributed by atoms with E-state index >= 15 is 0 Å². The maximum Gasteiger partial charge on any atom is 0.398 e. The molecule has 2 atom stereocenters. The van der Waals surface area contributed by atoms with Gasteiger partial charge in [-0.05, 0) is 20.3 Å². The molecule has 96 valence electrons. The van der Waals surface area contributed by atoms with Crippen LogP contribution < -0.4 is 5.73 Å². The molecule has 17 heavy (non-hydrogen) atoms. The molecular formula is C10H15F3N4. The topological polar surface area (TPSA) is 63.1 Å². The van der Waals surface area contributed by atoms with E-state index in [0.29, 0.717) is 0 Å². The van der Waals surface area contributed by atoms with Crippen molar-refractivity contribution in [3.8, 4) is 0 Å². The Balaban J connectivity index is 2.70. The molecule has 0 aromatic heterocycles. The highest BCUT2D eigenvalue weighted by molar-refractivity contribution is 5.85. The Morgan fingerprint density at radius 1 is 1.47 bits per heavy atom. The second-order valence-corrected chi connectivity index (χ2v) is 4.17. The first-order valence-electron chi connectivity index (χ1n) is 5.21. The molecule has 4 nitrogen and oxygen atoms in total. The molecular weight excluding hydrogens is 233 g/mol. The van der Waals surface area contributed by atoms with Gasteiger partial charge in [-0.1, -0.05) is 0 Å². The lowest BCUT2D eigenvalue weighted by Gasteiger charge is -2.26. The molecule has 0 aromatic rings. The molecule has 0 saturated heterocycles. The average Bonchev–Trinajstić information content (AvgIpc) is 2.18. The monoisotopic (exact) mass is 248 g/mol. The Morgan fingerprint density at radius 3 is 2.65 bits per heavy atom. The van der Waals surface area contributed by atoms with Crippen LogP contribution in [-0.4, -0.2) is 30.5 Å². The van der Waals surface area contributed by atoms with Gasteiger partial charge in [-0.2, -0.15) is 23.4 Å². The Morgan fingerprint density at radius 2 is 2.12 bits per heavy atom. The molecule has 0 bridgehead atoms. The van der Waals surface area contributed by atoms with E-state index in [1.807, 2.05) is 0 Å². The molecule has 1 aliphatic rings. The number of aliphatic imine (C=N–C) groups is 1. The van der Waals surface area contributed by atoms with Crippen LogP contribution in [0.25, 0.3) is 0 Å². The summed E-state index contributed by atoms with van der Waals surface area (Å²) >= 11 is 0. The van der Waals surface area contributed by atoms with Crippen molar-refractivity contribution in [1.82, 2.24) is 0 Å². The van der Waals surface area contributed by atoms with Gasteiger partial charge in [0, 0.05) is 24.4 Å². The summed E-state index contributed by atoms with van der Waals surface area (Å²) in [5.74, 6) is -2.37. The van der Waals surface area contributed by atoms with Gasteiger partial charge >= 0.3 is 6.18 Å². The molecule has 1 heterocycles. The molecule has 0 aromatic carbocycles. The van der Waals surface area contributed by atoms with E-state index in [4.69, 9.17) is 5.73 Å². The predicted octanol–water partition coefficient (Wildman–Crippen LogP) is 2.01. The molecule has 2 unspecified atom stereocenters. The van der Waals surface area contributed by atoms with Crippen molar-refractivity contribution < 1.29 is 13.2 Å². The summed E-state index contributed by atoms with van der Waals surface area (Å²) in [7, 11) is 0. The maximum absolute atomic E-state index is 12.6. The van der Waals surface area contributed by atoms with Crippen molar-refractivity contribution in [2.24, 2.45) is 32.8 Å². The van der Waals surface area contributed by atoms with Gasteiger partial charge in [0.05, 0.1) is 0 Å². The minimum absolute atomic E-state index is 0.111. The van der Waals surface area contributed by atoms with Gasteiger partial charge in [0.15, 0.2) is 0 Å². The zero-order valence-corrected chi connectivity index (χ0v) is 9.70. The van der Waals surface area contributed by atoms with Crippen LogP contribution in [0.15, 0.2) is 15.2 Å². The van der Waals surface area contributed by atoms with E-state index in [-0.39, 0.29) is 24.7 Å². The minimum atomic E-state index is -4.34. The summed E-state index contributed by atoms with van der Waals surface area (Å²) < 4.78 is 37.7. The quantitative estimate of drug-likeness (QED) is 0.589. The van der Waals surface area contributed by atoms with Crippen molar-refractivity contribution in [2.75, 3.05) is 6.54 Å². The summed E-state index contributed by atoms with van der Waals surface area (Å²) in [5.41, 5.74) is 6.01. The van der Waals surface area contributed by atoms with Crippen molar-refractivity contribution in [2.45, 2.75) is 26.4 Å². The van der Waals surface area contributed by atoms with Crippen molar-refractivity contribution in [1.29, 1.82) is 0 Å². The molecule has 0 spiro atoms. The summed E-state index contributed by atoms with van der Waals surface area (Å²) in [6, 6.07) is 0. The molecule has 1 rings (SSSR count). The first kappa shape index (κ1) is 13.7. The minimum Gasteiger partial charge on any atom is -0.387 e. The van der Waals surface area contributed by atoms with Crippen molar-refractivity contribution in [3.63, 3.8) is 0 Å². The molecule has 1 aliphatic heterocycles. The van der Waals surface area contributed by atoms with Gasteiger partial charge in [-0.3, -0.25) is 4.99 Å². The first-order valence-corrected chi connectivity index (χ1v) is 5.21.